The Bertz CT molecular complexity index is 1160. The molecule has 3 rings (SSSR count). The first-order valence-electron chi connectivity index (χ1n) is 9.26. The van der Waals surface area contributed by atoms with Crippen molar-refractivity contribution in [2.75, 3.05) is 24.8 Å². The summed E-state index contributed by atoms with van der Waals surface area (Å²) in [5.41, 5.74) is 7.21. The zero-order chi connectivity index (χ0) is 22.4. The Balaban J connectivity index is 0.00000363. The van der Waals surface area contributed by atoms with Crippen molar-refractivity contribution in [3.05, 3.63) is 60.7 Å². The van der Waals surface area contributed by atoms with Gasteiger partial charge in [0.25, 0.3) is 5.91 Å². The molecule has 0 saturated heterocycles. The molecule has 1 atom stereocenters. The largest absolute Gasteiger partial charge is 0.383 e. The van der Waals surface area contributed by atoms with E-state index in [9.17, 15) is 13.2 Å². The minimum Gasteiger partial charge on any atom is -0.383 e. The number of sulfonamides is 1. The SMILES string of the molecule is COCC(C)NS(=O)(=O)c1ccc(-c2cnc(N)c(C(=O)Nc3cccnc3)n2)cc1.Cl. The molecule has 4 N–H and O–H groups in total. The Morgan fingerprint density at radius 3 is 2.53 bits per heavy atom. The highest BCUT2D eigenvalue weighted by Crippen LogP contribution is 2.21. The lowest BCUT2D eigenvalue weighted by Crippen LogP contribution is -2.35. The van der Waals surface area contributed by atoms with Crippen molar-refractivity contribution in [3.8, 4) is 11.3 Å². The van der Waals surface area contributed by atoms with Gasteiger partial charge in [-0.2, -0.15) is 0 Å². The first-order valence-corrected chi connectivity index (χ1v) is 10.7. The number of anilines is 2. The quantitative estimate of drug-likeness (QED) is 0.445. The van der Waals surface area contributed by atoms with Crippen LogP contribution in [0.5, 0.6) is 0 Å². The summed E-state index contributed by atoms with van der Waals surface area (Å²) < 4.78 is 32.4. The summed E-state index contributed by atoms with van der Waals surface area (Å²) in [6.07, 6.45) is 4.49. The standard InChI is InChI=1S/C20H22N6O4S.ClH/c1-13(12-30-2)26-31(28,29)16-7-5-14(6-8-16)17-11-23-19(21)18(25-17)20(27)24-15-4-3-9-22-10-15;/h3-11,13,26H,12H2,1-2H3,(H2,21,23)(H,24,27);1H. The number of nitrogens with zero attached hydrogens (tertiary/aromatic N) is 3. The summed E-state index contributed by atoms with van der Waals surface area (Å²) in [6, 6.07) is 9.05. The molecule has 0 radical (unpaired) electrons. The van der Waals surface area contributed by atoms with Gasteiger partial charge in [-0.3, -0.25) is 9.78 Å². The van der Waals surface area contributed by atoms with Crippen molar-refractivity contribution < 1.29 is 17.9 Å². The van der Waals surface area contributed by atoms with Crippen LogP contribution < -0.4 is 15.8 Å². The Hall–Kier alpha value is -3.12. The minimum absolute atomic E-state index is 0. The first kappa shape index (κ1) is 25.1. The van der Waals surface area contributed by atoms with Crippen LogP contribution in [0, 0.1) is 0 Å². The fourth-order valence-electron chi connectivity index (χ4n) is 2.75. The molecule has 10 nitrogen and oxygen atoms in total. The molecule has 0 fully saturated rings. The molecular weight excluding hydrogens is 456 g/mol. The molecule has 0 aliphatic heterocycles. The minimum atomic E-state index is -3.70. The van der Waals surface area contributed by atoms with Crippen LogP contribution in [0.15, 0.2) is 59.9 Å². The molecule has 0 bridgehead atoms. The number of rotatable bonds is 8. The number of halogens is 1. The summed E-state index contributed by atoms with van der Waals surface area (Å²) in [5.74, 6) is -0.559. The second-order valence-corrected chi connectivity index (χ2v) is 8.40. The number of pyridine rings is 1. The molecule has 1 amide bonds. The van der Waals surface area contributed by atoms with Crippen molar-refractivity contribution in [1.29, 1.82) is 0 Å². The predicted molar refractivity (Wildman–Crippen MR) is 123 cm³/mol. The van der Waals surface area contributed by atoms with Crippen molar-refractivity contribution in [3.63, 3.8) is 0 Å². The van der Waals surface area contributed by atoms with Gasteiger partial charge in [0.2, 0.25) is 10.0 Å². The van der Waals surface area contributed by atoms with Gasteiger partial charge in [0.15, 0.2) is 11.5 Å². The molecule has 0 spiro atoms. The van der Waals surface area contributed by atoms with E-state index in [0.717, 1.165) is 0 Å². The van der Waals surface area contributed by atoms with Gasteiger partial charge in [0.1, 0.15) is 0 Å². The van der Waals surface area contributed by atoms with Gasteiger partial charge >= 0.3 is 0 Å². The summed E-state index contributed by atoms with van der Waals surface area (Å²) in [4.78, 5) is 24.9. The number of nitrogen functional groups attached to an aromatic ring is 1. The Morgan fingerprint density at radius 2 is 1.91 bits per heavy atom. The van der Waals surface area contributed by atoms with Gasteiger partial charge in [-0.1, -0.05) is 12.1 Å². The van der Waals surface area contributed by atoms with E-state index in [0.29, 0.717) is 16.9 Å². The lowest BCUT2D eigenvalue weighted by atomic mass is 10.1. The zero-order valence-corrected chi connectivity index (χ0v) is 19.0. The number of nitrogens with two attached hydrogens (primary N) is 1. The number of carbonyl (C=O) groups is 1. The molecular formula is C20H23ClN6O4S. The van der Waals surface area contributed by atoms with E-state index in [4.69, 9.17) is 10.5 Å². The number of hydrogen-bond donors (Lipinski definition) is 3. The molecule has 32 heavy (non-hydrogen) atoms. The van der Waals surface area contributed by atoms with Crippen LogP contribution in [-0.4, -0.2) is 49.0 Å². The van der Waals surface area contributed by atoms with Crippen LogP contribution >= 0.6 is 12.4 Å². The van der Waals surface area contributed by atoms with E-state index in [1.54, 1.807) is 37.4 Å². The zero-order valence-electron chi connectivity index (χ0n) is 17.3. The average Bonchev–Trinajstić information content (AvgIpc) is 2.74. The van der Waals surface area contributed by atoms with Crippen LogP contribution in [0.25, 0.3) is 11.3 Å². The summed E-state index contributed by atoms with van der Waals surface area (Å²) in [6.45, 7) is 1.96. The van der Waals surface area contributed by atoms with Crippen molar-refractivity contribution in [2.24, 2.45) is 0 Å². The maximum absolute atomic E-state index is 12.5. The fraction of sp³-hybridized carbons (Fsp3) is 0.200. The Labute approximate surface area is 192 Å². The first-order chi connectivity index (χ1) is 14.8. The lowest BCUT2D eigenvalue weighted by molar-refractivity contribution is 0.102. The smallest absolute Gasteiger partial charge is 0.278 e. The van der Waals surface area contributed by atoms with Gasteiger partial charge in [0, 0.05) is 24.9 Å². The van der Waals surface area contributed by atoms with Crippen molar-refractivity contribution in [1.82, 2.24) is 19.7 Å². The summed E-state index contributed by atoms with van der Waals surface area (Å²) >= 11 is 0. The van der Waals surface area contributed by atoms with Crippen molar-refractivity contribution in [2.45, 2.75) is 17.9 Å². The molecule has 2 aromatic heterocycles. The number of nitrogens with one attached hydrogen (secondary N) is 2. The van der Waals surface area contributed by atoms with E-state index in [2.05, 4.69) is 25.0 Å². The molecule has 2 heterocycles. The molecule has 12 heteroatoms. The predicted octanol–water partition coefficient (Wildman–Crippen LogP) is 2.11. The van der Waals surface area contributed by atoms with E-state index >= 15 is 0 Å². The summed E-state index contributed by atoms with van der Waals surface area (Å²) in [7, 11) is -2.20. The second kappa shape index (κ2) is 11.0. The van der Waals surface area contributed by atoms with Gasteiger partial charge in [-0.05, 0) is 31.2 Å². The van der Waals surface area contributed by atoms with Gasteiger partial charge in [-0.25, -0.2) is 23.1 Å². The van der Waals surface area contributed by atoms with Gasteiger partial charge in [-0.15, -0.1) is 12.4 Å². The van der Waals surface area contributed by atoms with Crippen LogP contribution in [0.2, 0.25) is 0 Å². The number of ether oxygens (including phenoxy) is 1. The highest BCUT2D eigenvalue weighted by Gasteiger charge is 2.18. The number of hydrogen-bond acceptors (Lipinski definition) is 8. The molecule has 1 aromatic carbocycles. The lowest BCUT2D eigenvalue weighted by Gasteiger charge is -2.13. The fourth-order valence-corrected chi connectivity index (χ4v) is 3.98. The maximum Gasteiger partial charge on any atom is 0.278 e. The average molecular weight is 479 g/mol. The van der Waals surface area contributed by atoms with E-state index in [-0.39, 0.29) is 41.5 Å². The third-order valence-electron chi connectivity index (χ3n) is 4.17. The molecule has 170 valence electrons. The highest BCUT2D eigenvalue weighted by atomic mass is 35.5. The number of methoxy groups -OCH3 is 1. The maximum atomic E-state index is 12.5. The van der Waals surface area contributed by atoms with Crippen LogP contribution in [0.1, 0.15) is 17.4 Å². The van der Waals surface area contributed by atoms with Crippen LogP contribution in [-0.2, 0) is 14.8 Å². The topological polar surface area (TPSA) is 149 Å². The highest BCUT2D eigenvalue weighted by molar-refractivity contribution is 7.89. The molecule has 0 saturated carbocycles. The number of carbonyl (C=O) groups excluding carboxylic acids is 1. The van der Waals surface area contributed by atoms with E-state index in [1.807, 2.05) is 0 Å². The summed E-state index contributed by atoms with van der Waals surface area (Å²) in [5, 5.41) is 2.65. The molecule has 3 aromatic rings. The van der Waals surface area contributed by atoms with Crippen LogP contribution in [0.3, 0.4) is 0 Å². The number of amides is 1. The number of benzene rings is 1. The van der Waals surface area contributed by atoms with Crippen LogP contribution in [0.4, 0.5) is 11.5 Å². The Morgan fingerprint density at radius 1 is 1.19 bits per heavy atom. The second-order valence-electron chi connectivity index (χ2n) is 6.69. The van der Waals surface area contributed by atoms with E-state index < -0.39 is 15.9 Å². The van der Waals surface area contributed by atoms with Gasteiger partial charge in [0.05, 0.1) is 35.3 Å². The normalized spacial score (nSPS) is 11.9. The van der Waals surface area contributed by atoms with Gasteiger partial charge < -0.3 is 15.8 Å². The molecule has 1 unspecified atom stereocenters. The molecule has 0 aliphatic carbocycles. The third-order valence-corrected chi connectivity index (χ3v) is 5.77. The Kier molecular flexibility index (Phi) is 8.61. The third kappa shape index (κ3) is 6.20. The monoisotopic (exact) mass is 478 g/mol. The molecule has 0 aliphatic rings. The van der Waals surface area contributed by atoms with Crippen molar-refractivity contribution >= 4 is 39.8 Å². The number of aromatic nitrogens is 3. The van der Waals surface area contributed by atoms with E-state index in [1.165, 1.54) is 31.6 Å².